The summed E-state index contributed by atoms with van der Waals surface area (Å²) < 4.78 is 7.29. The van der Waals surface area contributed by atoms with Crippen molar-refractivity contribution in [3.63, 3.8) is 0 Å². The Morgan fingerprint density at radius 2 is 2.11 bits per heavy atom. The standard InChI is InChI=1S/C26H31ClN6O3/c1-4-19(34)12-36-22-10-17-9-18(5-6-21(17)33(16(2)3)24(22)35)30-23-20(27)11-29-25(31-23)32-8-7-26(15-32)13-28-14-26/h5-6,9-11,16,28H,4,7-8,12-15H2,1-3H3,(H,29,30,31). The Hall–Kier alpha value is -3.17. The number of hydrogen-bond donors (Lipinski definition) is 2. The molecule has 2 N–H and O–H groups in total. The SMILES string of the molecule is CCC(=O)COc1cc2cc(Nc3nc(N4CCC5(CNC5)C4)ncc3Cl)ccc2n(C(C)C)c1=O. The van der Waals surface area contributed by atoms with Crippen LogP contribution in [-0.4, -0.2) is 53.1 Å². The number of benzene rings is 1. The van der Waals surface area contributed by atoms with E-state index in [1.54, 1.807) is 23.8 Å². The topological polar surface area (TPSA) is 101 Å². The van der Waals surface area contributed by atoms with Crippen molar-refractivity contribution in [1.82, 2.24) is 19.9 Å². The number of carbonyl (C=O) groups excluding carboxylic acids is 1. The van der Waals surface area contributed by atoms with Crippen molar-refractivity contribution in [3.8, 4) is 5.75 Å². The van der Waals surface area contributed by atoms with E-state index in [0.29, 0.717) is 28.6 Å². The molecule has 0 unspecified atom stereocenters. The van der Waals surface area contributed by atoms with Crippen LogP contribution in [0.5, 0.6) is 5.75 Å². The summed E-state index contributed by atoms with van der Waals surface area (Å²) in [5.74, 6) is 1.28. The summed E-state index contributed by atoms with van der Waals surface area (Å²) in [4.78, 5) is 36.2. The Morgan fingerprint density at radius 3 is 2.78 bits per heavy atom. The van der Waals surface area contributed by atoms with Crippen LogP contribution in [0.15, 0.2) is 35.3 Å². The number of rotatable bonds is 8. The van der Waals surface area contributed by atoms with Crippen molar-refractivity contribution in [2.45, 2.75) is 39.7 Å². The van der Waals surface area contributed by atoms with Crippen molar-refractivity contribution >= 4 is 45.7 Å². The molecule has 10 heteroatoms. The maximum Gasteiger partial charge on any atom is 0.293 e. The molecule has 1 aromatic carbocycles. The third kappa shape index (κ3) is 4.65. The smallest absolute Gasteiger partial charge is 0.293 e. The molecule has 190 valence electrons. The van der Waals surface area contributed by atoms with Crippen LogP contribution in [0.1, 0.15) is 39.7 Å². The van der Waals surface area contributed by atoms with Gasteiger partial charge in [-0.25, -0.2) is 4.98 Å². The first kappa shape index (κ1) is 24.5. The molecule has 0 amide bonds. The Morgan fingerprint density at radius 1 is 1.31 bits per heavy atom. The lowest BCUT2D eigenvalue weighted by molar-refractivity contribution is -0.120. The fourth-order valence-electron chi connectivity index (χ4n) is 4.88. The van der Waals surface area contributed by atoms with Crippen LogP contribution in [0.4, 0.5) is 17.5 Å². The van der Waals surface area contributed by atoms with Gasteiger partial charge < -0.3 is 24.8 Å². The minimum Gasteiger partial charge on any atom is -0.480 e. The second-order valence-electron chi connectivity index (χ2n) is 10.00. The zero-order valence-electron chi connectivity index (χ0n) is 20.8. The van der Waals surface area contributed by atoms with Crippen LogP contribution < -0.4 is 25.8 Å². The predicted molar refractivity (Wildman–Crippen MR) is 142 cm³/mol. The maximum absolute atomic E-state index is 13.0. The average Bonchev–Trinajstić information content (AvgIpc) is 3.30. The summed E-state index contributed by atoms with van der Waals surface area (Å²) in [6.07, 6.45) is 3.12. The summed E-state index contributed by atoms with van der Waals surface area (Å²) >= 11 is 6.45. The molecule has 0 radical (unpaired) electrons. The molecule has 3 aromatic rings. The Bertz CT molecular complexity index is 1370. The van der Waals surface area contributed by atoms with Gasteiger partial charge in [-0.15, -0.1) is 0 Å². The average molecular weight is 511 g/mol. The van der Waals surface area contributed by atoms with E-state index < -0.39 is 0 Å². The summed E-state index contributed by atoms with van der Waals surface area (Å²) in [5.41, 5.74) is 1.62. The number of nitrogens with zero attached hydrogens (tertiary/aromatic N) is 4. The quantitative estimate of drug-likeness (QED) is 0.470. The molecule has 5 rings (SSSR count). The lowest BCUT2D eigenvalue weighted by Crippen LogP contribution is -2.54. The van der Waals surface area contributed by atoms with Gasteiger partial charge in [-0.05, 0) is 44.5 Å². The molecular weight excluding hydrogens is 480 g/mol. The lowest BCUT2D eigenvalue weighted by Gasteiger charge is -2.38. The number of aromatic nitrogens is 3. The van der Waals surface area contributed by atoms with Gasteiger partial charge in [0, 0.05) is 55.1 Å². The number of anilines is 3. The van der Waals surface area contributed by atoms with Gasteiger partial charge in [0.1, 0.15) is 11.6 Å². The molecule has 2 aromatic heterocycles. The highest BCUT2D eigenvalue weighted by molar-refractivity contribution is 6.32. The monoisotopic (exact) mass is 510 g/mol. The van der Waals surface area contributed by atoms with Crippen LogP contribution in [0.3, 0.4) is 0 Å². The van der Waals surface area contributed by atoms with Gasteiger partial charge in [0.15, 0.2) is 17.4 Å². The molecule has 2 saturated heterocycles. The van der Waals surface area contributed by atoms with E-state index in [1.165, 1.54) is 0 Å². The first-order valence-electron chi connectivity index (χ1n) is 12.4. The van der Waals surface area contributed by atoms with Crippen molar-refractivity contribution in [1.29, 1.82) is 0 Å². The first-order chi connectivity index (χ1) is 17.3. The molecule has 36 heavy (non-hydrogen) atoms. The summed E-state index contributed by atoms with van der Waals surface area (Å²) in [6.45, 7) is 9.48. The molecular formula is C26H31ClN6O3. The van der Waals surface area contributed by atoms with Gasteiger partial charge in [0.2, 0.25) is 5.95 Å². The van der Waals surface area contributed by atoms with Gasteiger partial charge in [-0.1, -0.05) is 18.5 Å². The van der Waals surface area contributed by atoms with Crippen LogP contribution in [0.25, 0.3) is 10.9 Å². The summed E-state index contributed by atoms with van der Waals surface area (Å²) in [7, 11) is 0. The number of halogens is 1. The molecule has 2 aliphatic heterocycles. The highest BCUT2D eigenvalue weighted by atomic mass is 35.5. The van der Waals surface area contributed by atoms with Crippen LogP contribution in [0.2, 0.25) is 5.02 Å². The van der Waals surface area contributed by atoms with E-state index in [2.05, 4.69) is 20.5 Å². The fraction of sp³-hybridized carbons (Fsp3) is 0.462. The third-order valence-corrected chi connectivity index (χ3v) is 7.29. The van der Waals surface area contributed by atoms with Crippen molar-refractivity contribution in [2.75, 3.05) is 43.0 Å². The highest BCUT2D eigenvalue weighted by Gasteiger charge is 2.43. The molecule has 0 bridgehead atoms. The first-order valence-corrected chi connectivity index (χ1v) is 12.8. The zero-order chi connectivity index (χ0) is 25.4. The van der Waals surface area contributed by atoms with E-state index in [1.807, 2.05) is 32.0 Å². The van der Waals surface area contributed by atoms with E-state index >= 15 is 0 Å². The predicted octanol–water partition coefficient (Wildman–Crippen LogP) is 3.93. The van der Waals surface area contributed by atoms with Crippen LogP contribution >= 0.6 is 11.6 Å². The van der Waals surface area contributed by atoms with Crippen LogP contribution in [0, 0.1) is 5.41 Å². The molecule has 2 aliphatic rings. The second kappa shape index (κ2) is 9.71. The second-order valence-corrected chi connectivity index (χ2v) is 10.4. The minimum absolute atomic E-state index is 0.0623. The van der Waals surface area contributed by atoms with E-state index in [4.69, 9.17) is 21.3 Å². The number of nitrogens with one attached hydrogen (secondary N) is 2. The molecule has 9 nitrogen and oxygen atoms in total. The number of hydrogen-bond acceptors (Lipinski definition) is 8. The van der Waals surface area contributed by atoms with E-state index in [9.17, 15) is 9.59 Å². The normalized spacial score (nSPS) is 16.5. The summed E-state index contributed by atoms with van der Waals surface area (Å²) in [5, 5.41) is 7.91. The van der Waals surface area contributed by atoms with Gasteiger partial charge in [0.25, 0.3) is 5.56 Å². The van der Waals surface area contributed by atoms with Crippen molar-refractivity contribution < 1.29 is 9.53 Å². The molecule has 2 fully saturated rings. The molecule has 0 aliphatic carbocycles. The fourth-order valence-corrected chi connectivity index (χ4v) is 5.02. The molecule has 0 saturated carbocycles. The van der Waals surface area contributed by atoms with Gasteiger partial charge >= 0.3 is 0 Å². The number of ketones is 1. The Labute approximate surface area is 214 Å². The number of pyridine rings is 1. The van der Waals surface area contributed by atoms with Gasteiger partial charge in [-0.3, -0.25) is 9.59 Å². The van der Waals surface area contributed by atoms with Crippen LogP contribution in [-0.2, 0) is 4.79 Å². The van der Waals surface area contributed by atoms with Crippen molar-refractivity contribution in [2.24, 2.45) is 5.41 Å². The summed E-state index contributed by atoms with van der Waals surface area (Å²) in [6, 6.07) is 7.31. The third-order valence-electron chi connectivity index (χ3n) is 7.02. The Kier molecular flexibility index (Phi) is 6.61. The van der Waals surface area contributed by atoms with Gasteiger partial charge in [-0.2, -0.15) is 4.98 Å². The van der Waals surface area contributed by atoms with Crippen molar-refractivity contribution in [3.05, 3.63) is 45.8 Å². The molecule has 4 heterocycles. The largest absolute Gasteiger partial charge is 0.480 e. The number of fused-ring (bicyclic) bond motifs is 1. The lowest BCUT2D eigenvalue weighted by atomic mass is 9.81. The maximum atomic E-state index is 13.0. The Balaban J connectivity index is 1.44. The number of ether oxygens (including phenoxy) is 1. The van der Waals surface area contributed by atoms with E-state index in [0.717, 1.165) is 49.2 Å². The number of Topliss-reactive ketones (excluding diaryl/α,β-unsaturated/α-hetero) is 1. The van der Waals surface area contributed by atoms with E-state index in [-0.39, 0.29) is 29.7 Å². The zero-order valence-corrected chi connectivity index (χ0v) is 21.6. The molecule has 0 atom stereocenters. The molecule has 1 spiro atoms. The minimum atomic E-state index is -0.254. The number of carbonyl (C=O) groups is 1. The van der Waals surface area contributed by atoms with Gasteiger partial charge in [0.05, 0.1) is 11.7 Å². The highest BCUT2D eigenvalue weighted by Crippen LogP contribution is 2.36.